The topological polar surface area (TPSA) is 9.23 Å². The number of methoxy groups -OCH3 is 1. The van der Waals surface area contributed by atoms with Crippen LogP contribution < -0.4 is 4.74 Å². The molecule has 0 aliphatic heterocycles. The van der Waals surface area contributed by atoms with Gasteiger partial charge >= 0.3 is 0 Å². The number of thiophene rings is 1. The molecule has 0 aliphatic rings. The van der Waals surface area contributed by atoms with E-state index < -0.39 is 0 Å². The van der Waals surface area contributed by atoms with E-state index in [9.17, 15) is 0 Å². The molecule has 2 rings (SSSR count). The number of hydrogen-bond donors (Lipinski definition) is 0. The molecule has 1 nitrogen and oxygen atoms in total. The van der Waals surface area contributed by atoms with Gasteiger partial charge in [0.05, 0.1) is 7.11 Å². The molecule has 0 spiro atoms. The van der Waals surface area contributed by atoms with Crippen LogP contribution in [0.25, 0.3) is 10.1 Å². The van der Waals surface area contributed by atoms with Gasteiger partial charge < -0.3 is 4.74 Å². The Morgan fingerprint density at radius 3 is 3.00 bits per heavy atom. The minimum atomic E-state index is 0.657. The second-order valence-corrected chi connectivity index (χ2v) is 4.32. The zero-order valence-electron chi connectivity index (χ0n) is 7.92. The average molecular weight is 227 g/mol. The molecule has 0 amide bonds. The Balaban J connectivity index is 2.62. The van der Waals surface area contributed by atoms with E-state index in [2.05, 4.69) is 11.4 Å². The van der Waals surface area contributed by atoms with Gasteiger partial charge in [-0.2, -0.15) is 0 Å². The molecule has 1 aromatic heterocycles. The fourth-order valence-corrected chi connectivity index (χ4v) is 2.79. The van der Waals surface area contributed by atoms with Gasteiger partial charge in [-0.15, -0.1) is 22.9 Å². The minimum Gasteiger partial charge on any atom is -0.496 e. The van der Waals surface area contributed by atoms with Gasteiger partial charge in [-0.05, 0) is 29.5 Å². The summed E-state index contributed by atoms with van der Waals surface area (Å²) in [4.78, 5) is 0. The third kappa shape index (κ3) is 1.60. The number of fused-ring (bicyclic) bond motifs is 1. The van der Waals surface area contributed by atoms with Gasteiger partial charge in [-0.3, -0.25) is 0 Å². The molecule has 3 heteroatoms. The van der Waals surface area contributed by atoms with Crippen molar-refractivity contribution in [3.63, 3.8) is 0 Å². The zero-order chi connectivity index (χ0) is 9.97. The number of ether oxygens (including phenoxy) is 1. The van der Waals surface area contributed by atoms with Crippen LogP contribution in [0.3, 0.4) is 0 Å². The average Bonchev–Trinajstić information content (AvgIpc) is 2.62. The predicted octanol–water partition coefficient (Wildman–Crippen LogP) is 3.69. The molecule has 1 heterocycles. The SMILES string of the molecule is COc1cccc2scc(CCCl)c12. The van der Waals surface area contributed by atoms with Crippen molar-refractivity contribution in [1.29, 1.82) is 0 Å². The van der Waals surface area contributed by atoms with Crippen molar-refractivity contribution in [3.05, 3.63) is 29.1 Å². The minimum absolute atomic E-state index is 0.657. The first kappa shape index (κ1) is 9.81. The Morgan fingerprint density at radius 2 is 2.29 bits per heavy atom. The van der Waals surface area contributed by atoms with Crippen LogP contribution in [-0.4, -0.2) is 13.0 Å². The van der Waals surface area contributed by atoms with Gasteiger partial charge in [0.25, 0.3) is 0 Å². The van der Waals surface area contributed by atoms with Crippen LogP contribution in [0.15, 0.2) is 23.6 Å². The van der Waals surface area contributed by atoms with Gasteiger partial charge in [0.1, 0.15) is 5.75 Å². The summed E-state index contributed by atoms with van der Waals surface area (Å²) in [6.07, 6.45) is 0.905. The van der Waals surface area contributed by atoms with Crippen LogP contribution in [-0.2, 0) is 6.42 Å². The first-order valence-corrected chi connectivity index (χ1v) is 5.87. The summed E-state index contributed by atoms with van der Waals surface area (Å²) >= 11 is 7.50. The van der Waals surface area contributed by atoms with Crippen molar-refractivity contribution < 1.29 is 4.74 Å². The van der Waals surface area contributed by atoms with E-state index in [-0.39, 0.29) is 0 Å². The van der Waals surface area contributed by atoms with Crippen LogP contribution in [0, 0.1) is 0 Å². The standard InChI is InChI=1S/C11H11ClOS/c1-13-9-3-2-4-10-11(9)8(5-6-12)7-14-10/h2-4,7H,5-6H2,1H3. The largest absolute Gasteiger partial charge is 0.496 e. The summed E-state index contributed by atoms with van der Waals surface area (Å²) in [7, 11) is 1.71. The Labute approximate surface area is 92.3 Å². The molecule has 0 aliphatic carbocycles. The van der Waals surface area contributed by atoms with E-state index in [0.29, 0.717) is 5.88 Å². The van der Waals surface area contributed by atoms with E-state index in [1.54, 1.807) is 18.4 Å². The Morgan fingerprint density at radius 1 is 1.43 bits per heavy atom. The summed E-state index contributed by atoms with van der Waals surface area (Å²) in [5.74, 6) is 1.60. The normalized spacial score (nSPS) is 10.7. The zero-order valence-corrected chi connectivity index (χ0v) is 9.49. The maximum absolute atomic E-state index is 5.75. The van der Waals surface area contributed by atoms with Crippen LogP contribution in [0.4, 0.5) is 0 Å². The Kier molecular flexibility index (Phi) is 2.94. The second-order valence-electron chi connectivity index (χ2n) is 3.03. The molecule has 0 saturated heterocycles. The van der Waals surface area contributed by atoms with E-state index >= 15 is 0 Å². The number of halogens is 1. The lowest BCUT2D eigenvalue weighted by Gasteiger charge is -2.03. The van der Waals surface area contributed by atoms with Crippen molar-refractivity contribution in [2.24, 2.45) is 0 Å². The molecule has 0 saturated carbocycles. The van der Waals surface area contributed by atoms with Crippen LogP contribution in [0.1, 0.15) is 5.56 Å². The highest BCUT2D eigenvalue weighted by Crippen LogP contribution is 2.33. The van der Waals surface area contributed by atoms with Crippen molar-refractivity contribution in [2.45, 2.75) is 6.42 Å². The van der Waals surface area contributed by atoms with Crippen molar-refractivity contribution in [2.75, 3.05) is 13.0 Å². The monoisotopic (exact) mass is 226 g/mol. The highest BCUT2D eigenvalue weighted by Gasteiger charge is 2.08. The van der Waals surface area contributed by atoms with Crippen LogP contribution in [0.5, 0.6) is 5.75 Å². The lowest BCUT2D eigenvalue weighted by molar-refractivity contribution is 0.419. The summed E-state index contributed by atoms with van der Waals surface area (Å²) < 4.78 is 6.60. The number of benzene rings is 1. The smallest absolute Gasteiger partial charge is 0.127 e. The number of alkyl halides is 1. The summed E-state index contributed by atoms with van der Waals surface area (Å²) in [6, 6.07) is 6.12. The fourth-order valence-electron chi connectivity index (χ4n) is 1.58. The van der Waals surface area contributed by atoms with Gasteiger partial charge in [0.15, 0.2) is 0 Å². The maximum atomic E-state index is 5.75. The van der Waals surface area contributed by atoms with Gasteiger partial charge in [0.2, 0.25) is 0 Å². The number of hydrogen-bond acceptors (Lipinski definition) is 2. The molecule has 0 fully saturated rings. The summed E-state index contributed by atoms with van der Waals surface area (Å²) in [6.45, 7) is 0. The van der Waals surface area contributed by atoms with E-state index in [4.69, 9.17) is 16.3 Å². The Hall–Kier alpha value is -0.730. The second kappa shape index (κ2) is 4.20. The van der Waals surface area contributed by atoms with Crippen LogP contribution in [0.2, 0.25) is 0 Å². The molecule has 0 radical (unpaired) electrons. The first-order valence-electron chi connectivity index (χ1n) is 4.46. The van der Waals surface area contributed by atoms with Crippen molar-refractivity contribution >= 4 is 33.0 Å². The maximum Gasteiger partial charge on any atom is 0.127 e. The Bertz CT molecular complexity index is 436. The molecule has 74 valence electrons. The molecule has 0 N–H and O–H groups in total. The van der Waals surface area contributed by atoms with Gasteiger partial charge in [-0.1, -0.05) is 6.07 Å². The molecule has 0 unspecified atom stereocenters. The van der Waals surface area contributed by atoms with Crippen molar-refractivity contribution in [1.82, 2.24) is 0 Å². The summed E-state index contributed by atoms with van der Waals surface area (Å²) in [5.41, 5.74) is 1.29. The number of rotatable bonds is 3. The highest BCUT2D eigenvalue weighted by molar-refractivity contribution is 7.17. The lowest BCUT2D eigenvalue weighted by atomic mass is 10.1. The van der Waals surface area contributed by atoms with E-state index in [0.717, 1.165) is 12.2 Å². The summed E-state index contributed by atoms with van der Waals surface area (Å²) in [5, 5.41) is 3.39. The highest BCUT2D eigenvalue weighted by atomic mass is 35.5. The van der Waals surface area contributed by atoms with Crippen LogP contribution >= 0.6 is 22.9 Å². The third-order valence-corrected chi connectivity index (χ3v) is 3.41. The molecular formula is C11H11ClOS. The molecule has 2 aromatic rings. The van der Waals surface area contributed by atoms with Gasteiger partial charge in [-0.25, -0.2) is 0 Å². The fraction of sp³-hybridized carbons (Fsp3) is 0.273. The quantitative estimate of drug-likeness (QED) is 0.726. The van der Waals surface area contributed by atoms with Gasteiger partial charge in [0, 0.05) is 16.0 Å². The first-order chi connectivity index (χ1) is 6.86. The predicted molar refractivity (Wildman–Crippen MR) is 62.8 cm³/mol. The molecule has 14 heavy (non-hydrogen) atoms. The van der Waals surface area contributed by atoms with E-state index in [1.165, 1.54) is 15.6 Å². The molecule has 0 atom stereocenters. The lowest BCUT2D eigenvalue weighted by Crippen LogP contribution is -1.87. The third-order valence-electron chi connectivity index (χ3n) is 2.22. The molecular weight excluding hydrogens is 216 g/mol. The number of aryl methyl sites for hydroxylation is 1. The van der Waals surface area contributed by atoms with E-state index in [1.807, 2.05) is 12.1 Å². The van der Waals surface area contributed by atoms with Crippen molar-refractivity contribution in [3.8, 4) is 5.75 Å². The molecule has 1 aromatic carbocycles. The molecule has 0 bridgehead atoms.